The van der Waals surface area contributed by atoms with E-state index < -0.39 is 67.3 Å². The van der Waals surface area contributed by atoms with Gasteiger partial charge in [-0.1, -0.05) is 220 Å². The topological polar surface area (TPSA) is 175 Å². The minimum absolute atomic E-state index is 0.0346. The first-order chi connectivity index (χ1) is 39.6. The number of aliphatic hydroxyl groups is 2. The van der Waals surface area contributed by atoms with Crippen LogP contribution in [0.15, 0.2) is 109 Å². The van der Waals surface area contributed by atoms with Crippen LogP contribution < -0.4 is 0 Å². The fourth-order valence-corrected chi connectivity index (χ4v) is 8.93. The number of rotatable bonds is 53. The van der Waals surface area contributed by atoms with Gasteiger partial charge in [-0.3, -0.25) is 14.4 Å². The first kappa shape index (κ1) is 74.4. The Balaban J connectivity index is 2.72. The third kappa shape index (κ3) is 45.6. The Morgan fingerprint density at radius 2 is 0.790 bits per heavy atom. The monoisotopic (exact) mass is 1130 g/mol. The van der Waals surface area contributed by atoms with Gasteiger partial charge in [0.2, 0.25) is 0 Å². The zero-order chi connectivity index (χ0) is 58.9. The normalized spacial score (nSPS) is 18.5. The lowest BCUT2D eigenvalue weighted by molar-refractivity contribution is -0.301. The van der Waals surface area contributed by atoms with E-state index in [9.17, 15) is 34.5 Å². The third-order valence-electron chi connectivity index (χ3n) is 13.8. The van der Waals surface area contributed by atoms with Crippen LogP contribution in [-0.2, 0) is 42.9 Å². The smallest absolute Gasteiger partial charge is 0.335 e. The molecular formula is C69H112O12. The van der Waals surface area contributed by atoms with Crippen LogP contribution in [0, 0.1) is 0 Å². The largest absolute Gasteiger partial charge is 0.479 e. The van der Waals surface area contributed by atoms with Gasteiger partial charge >= 0.3 is 23.9 Å². The quantitative estimate of drug-likeness (QED) is 0.0228. The molecule has 0 aromatic heterocycles. The molecule has 1 fully saturated rings. The molecule has 1 aliphatic rings. The van der Waals surface area contributed by atoms with Gasteiger partial charge in [0.1, 0.15) is 18.8 Å². The van der Waals surface area contributed by atoms with Gasteiger partial charge in [0, 0.05) is 19.3 Å². The van der Waals surface area contributed by atoms with Gasteiger partial charge in [-0.2, -0.15) is 0 Å². The molecule has 0 aromatic rings. The number of aliphatic hydroxyl groups excluding tert-OH is 2. The van der Waals surface area contributed by atoms with Crippen molar-refractivity contribution in [2.45, 2.75) is 289 Å². The van der Waals surface area contributed by atoms with Gasteiger partial charge in [-0.05, 0) is 122 Å². The maximum absolute atomic E-state index is 13.2. The maximum Gasteiger partial charge on any atom is 0.335 e. The summed E-state index contributed by atoms with van der Waals surface area (Å²) >= 11 is 0. The van der Waals surface area contributed by atoms with E-state index in [4.69, 9.17) is 23.7 Å². The van der Waals surface area contributed by atoms with Crippen molar-refractivity contribution in [2.75, 3.05) is 13.2 Å². The highest BCUT2D eigenvalue weighted by atomic mass is 16.7. The Kier molecular flexibility index (Phi) is 51.3. The van der Waals surface area contributed by atoms with Crippen molar-refractivity contribution in [1.29, 1.82) is 0 Å². The molecule has 0 aliphatic carbocycles. The van der Waals surface area contributed by atoms with E-state index in [2.05, 4.69) is 124 Å². The standard InChI is InChI=1S/C69H112O12/c1-4-7-10-13-16-19-22-25-28-30-31-33-36-39-42-45-48-51-54-57-63(72)80-67-65(74)64(73)66(68(75)76)81-69(67)78-59-60(79-62(71)56-53-50-47-44-41-38-34-27-24-21-18-15-12-9-6-3)58-77-61(70)55-52-49-46-43-40-37-35-32-29-26-23-20-17-14-11-8-5-2/h8,11,16-17,19-20,25-29,31,33-35,37,43,46,60,64-67,69,73-74H,4-7,9-10,12-15,18,21-24,30,32,36,38-42,44-45,47-59H2,1-3H3,(H,75,76)/b11-8-,19-16-,20-17-,28-25-,29-26-,33-31-,34-27-,37-35-,46-43-. The number of unbranched alkanes of at least 4 members (excludes halogenated alkanes) is 21. The Morgan fingerprint density at radius 3 is 1.26 bits per heavy atom. The van der Waals surface area contributed by atoms with E-state index in [1.807, 2.05) is 6.08 Å². The number of carboxylic acid groups (broad SMARTS) is 1. The molecule has 1 rings (SSSR count). The highest BCUT2D eigenvalue weighted by Gasteiger charge is 2.50. The molecular weight excluding hydrogens is 1020 g/mol. The molecule has 0 aromatic carbocycles. The maximum atomic E-state index is 13.2. The van der Waals surface area contributed by atoms with Gasteiger partial charge in [-0.25, -0.2) is 4.79 Å². The first-order valence-electron chi connectivity index (χ1n) is 31.9. The second-order valence-corrected chi connectivity index (χ2v) is 21.3. The van der Waals surface area contributed by atoms with Crippen LogP contribution in [0.1, 0.15) is 252 Å². The predicted octanol–water partition coefficient (Wildman–Crippen LogP) is 17.0. The lowest BCUT2D eigenvalue weighted by atomic mass is 9.98. The molecule has 1 aliphatic heterocycles. The molecule has 6 atom stereocenters. The van der Waals surface area contributed by atoms with Crippen molar-refractivity contribution in [3.63, 3.8) is 0 Å². The Labute approximate surface area is 491 Å². The first-order valence-corrected chi connectivity index (χ1v) is 31.9. The average Bonchev–Trinajstić information content (AvgIpc) is 3.53. The molecule has 12 heteroatoms. The van der Waals surface area contributed by atoms with Crippen molar-refractivity contribution in [2.24, 2.45) is 0 Å². The summed E-state index contributed by atoms with van der Waals surface area (Å²) in [5.41, 5.74) is 0. The molecule has 460 valence electrons. The van der Waals surface area contributed by atoms with E-state index in [-0.39, 0.29) is 25.9 Å². The zero-order valence-corrected chi connectivity index (χ0v) is 50.7. The van der Waals surface area contributed by atoms with Crippen LogP contribution in [0.5, 0.6) is 0 Å². The van der Waals surface area contributed by atoms with E-state index in [0.717, 1.165) is 128 Å². The molecule has 81 heavy (non-hydrogen) atoms. The summed E-state index contributed by atoms with van der Waals surface area (Å²) < 4.78 is 28.4. The minimum atomic E-state index is -1.92. The summed E-state index contributed by atoms with van der Waals surface area (Å²) in [6, 6.07) is 0. The van der Waals surface area contributed by atoms with Gasteiger partial charge in [-0.15, -0.1) is 0 Å². The number of ether oxygens (including phenoxy) is 5. The average molecular weight is 1130 g/mol. The number of aliphatic carboxylic acids is 1. The van der Waals surface area contributed by atoms with Crippen LogP contribution in [0.2, 0.25) is 0 Å². The van der Waals surface area contributed by atoms with Gasteiger partial charge < -0.3 is 39.0 Å². The Bertz CT molecular complexity index is 1820. The van der Waals surface area contributed by atoms with Crippen LogP contribution in [-0.4, -0.2) is 89.2 Å². The number of allylic oxidation sites excluding steroid dienone is 18. The second kappa shape index (κ2) is 55.9. The van der Waals surface area contributed by atoms with Gasteiger partial charge in [0.25, 0.3) is 0 Å². The molecule has 0 bridgehead atoms. The summed E-state index contributed by atoms with van der Waals surface area (Å²) in [5, 5.41) is 31.6. The summed E-state index contributed by atoms with van der Waals surface area (Å²) in [6.07, 6.45) is 63.3. The Morgan fingerprint density at radius 1 is 0.420 bits per heavy atom. The number of esters is 3. The van der Waals surface area contributed by atoms with Crippen molar-refractivity contribution in [3.8, 4) is 0 Å². The van der Waals surface area contributed by atoms with E-state index >= 15 is 0 Å². The third-order valence-corrected chi connectivity index (χ3v) is 13.8. The minimum Gasteiger partial charge on any atom is -0.479 e. The van der Waals surface area contributed by atoms with Crippen LogP contribution >= 0.6 is 0 Å². The molecule has 6 unspecified atom stereocenters. The molecule has 1 heterocycles. The fraction of sp³-hybridized carbons (Fsp3) is 0.681. The van der Waals surface area contributed by atoms with Crippen molar-refractivity contribution >= 4 is 23.9 Å². The van der Waals surface area contributed by atoms with Crippen molar-refractivity contribution < 1.29 is 58.2 Å². The summed E-state index contributed by atoms with van der Waals surface area (Å²) in [4.78, 5) is 51.3. The molecule has 0 saturated carbocycles. The zero-order valence-electron chi connectivity index (χ0n) is 50.7. The number of carbonyl (C=O) groups excluding carboxylic acids is 3. The van der Waals surface area contributed by atoms with E-state index in [0.29, 0.717) is 25.7 Å². The highest BCUT2D eigenvalue weighted by molar-refractivity contribution is 5.74. The SMILES string of the molecule is CC/C=C\C/C=C\C/C=C\C/C=C\C/C=C\CCCC(=O)OCC(COC1OC(C(=O)O)C(O)C(O)C1OC(=O)CCCCCCCC/C=C\C/C=C\C/C=C\CCCCC)OC(=O)CCCCCCC/C=C\CCCCCCCC. The van der Waals surface area contributed by atoms with Crippen LogP contribution in [0.3, 0.4) is 0 Å². The van der Waals surface area contributed by atoms with Crippen molar-refractivity contribution in [3.05, 3.63) is 109 Å². The van der Waals surface area contributed by atoms with Gasteiger partial charge in [0.15, 0.2) is 24.6 Å². The molecule has 0 spiro atoms. The number of carboxylic acids is 1. The second-order valence-electron chi connectivity index (χ2n) is 21.3. The van der Waals surface area contributed by atoms with Crippen LogP contribution in [0.4, 0.5) is 0 Å². The molecule has 3 N–H and O–H groups in total. The highest BCUT2D eigenvalue weighted by Crippen LogP contribution is 2.26. The summed E-state index contributed by atoms with van der Waals surface area (Å²) in [5.74, 6) is -3.23. The van der Waals surface area contributed by atoms with E-state index in [1.54, 1.807) is 0 Å². The van der Waals surface area contributed by atoms with Crippen molar-refractivity contribution in [1.82, 2.24) is 0 Å². The molecule has 1 saturated heterocycles. The fourth-order valence-electron chi connectivity index (χ4n) is 8.93. The number of hydrogen-bond acceptors (Lipinski definition) is 11. The molecule has 12 nitrogen and oxygen atoms in total. The van der Waals surface area contributed by atoms with Gasteiger partial charge in [0.05, 0.1) is 6.61 Å². The number of hydrogen-bond donors (Lipinski definition) is 3. The Hall–Kier alpha value is -4.62. The number of carbonyl (C=O) groups is 4. The molecule has 0 radical (unpaired) electrons. The van der Waals surface area contributed by atoms with E-state index in [1.165, 1.54) is 57.8 Å². The van der Waals surface area contributed by atoms with Crippen LogP contribution in [0.25, 0.3) is 0 Å². The summed E-state index contributed by atoms with van der Waals surface area (Å²) in [6.45, 7) is 5.80. The lowest BCUT2D eigenvalue weighted by Crippen LogP contribution is -2.61. The molecule has 0 amide bonds. The lowest BCUT2D eigenvalue weighted by Gasteiger charge is -2.40. The summed E-state index contributed by atoms with van der Waals surface area (Å²) in [7, 11) is 0. The predicted molar refractivity (Wildman–Crippen MR) is 330 cm³/mol.